The quantitative estimate of drug-likeness (QED) is 0.243. The van der Waals surface area contributed by atoms with E-state index in [0.29, 0.717) is 56.2 Å². The van der Waals surface area contributed by atoms with Gasteiger partial charge in [-0.05, 0) is 94.7 Å². The number of halogens is 3. The van der Waals surface area contributed by atoms with Crippen LogP contribution in [-0.2, 0) is 29.1 Å². The molecule has 0 radical (unpaired) electrons. The molecule has 1 aromatic carbocycles. The first-order valence-corrected chi connectivity index (χ1v) is 21.8. The molecule has 2 aromatic rings. The van der Waals surface area contributed by atoms with Gasteiger partial charge in [0.15, 0.2) is 17.2 Å². The first kappa shape index (κ1) is 44.0. The molecular weight excluding hydrogens is 796 g/mol. The van der Waals surface area contributed by atoms with Gasteiger partial charge in [0.2, 0.25) is 27.7 Å². The van der Waals surface area contributed by atoms with Gasteiger partial charge in [0.1, 0.15) is 23.7 Å². The number of benzene rings is 1. The van der Waals surface area contributed by atoms with Crippen LogP contribution >= 0.6 is 0 Å². The van der Waals surface area contributed by atoms with Crippen LogP contribution in [0.15, 0.2) is 36.5 Å². The van der Waals surface area contributed by atoms with Crippen molar-refractivity contribution >= 4 is 44.6 Å². The monoisotopic (exact) mass is 849 g/mol. The van der Waals surface area contributed by atoms with Gasteiger partial charge in [-0.2, -0.15) is 0 Å². The highest BCUT2D eigenvalue weighted by Crippen LogP contribution is 2.46. The van der Waals surface area contributed by atoms with Crippen LogP contribution < -0.4 is 24.8 Å². The molecule has 0 spiro atoms. The number of fused-ring (bicyclic) bond motifs is 3. The van der Waals surface area contributed by atoms with Gasteiger partial charge >= 0.3 is 6.09 Å². The molecule has 1 saturated heterocycles. The molecule has 3 heterocycles. The molecule has 6 rings (SSSR count). The average molecular weight is 850 g/mol. The molecule has 0 bridgehead atoms. The van der Waals surface area contributed by atoms with Gasteiger partial charge in [0.25, 0.3) is 11.8 Å². The van der Waals surface area contributed by atoms with E-state index >= 15 is 4.39 Å². The number of carbonyl (C=O) groups is 4. The number of ether oxygens (including phenoxy) is 3. The Kier molecular flexibility index (Phi) is 12.5. The number of nitrogens with zero attached hydrogens (tertiary/aromatic N) is 2. The van der Waals surface area contributed by atoms with E-state index < -0.39 is 92.0 Å². The Morgan fingerprint density at radius 3 is 2.49 bits per heavy atom. The predicted molar refractivity (Wildman–Crippen MR) is 211 cm³/mol. The number of nitrogens with one attached hydrogen (secondary N) is 3. The number of alkyl carbamates (subject to hydrolysis) is 1. The summed E-state index contributed by atoms with van der Waals surface area (Å²) in [6, 6.07) is 1.69. The van der Waals surface area contributed by atoms with E-state index in [1.54, 1.807) is 19.1 Å². The lowest BCUT2D eigenvalue weighted by molar-refractivity contribution is -0.152. The topological polar surface area (TPSA) is 182 Å². The largest absolute Gasteiger partial charge is 0.491 e. The van der Waals surface area contributed by atoms with E-state index in [4.69, 9.17) is 14.2 Å². The lowest BCUT2D eigenvalue weighted by Gasteiger charge is -2.35. The normalized spacial score (nSPS) is 28.6. The second-order valence-corrected chi connectivity index (χ2v) is 18.9. The van der Waals surface area contributed by atoms with Crippen LogP contribution in [0.25, 0.3) is 10.8 Å². The number of sulfonamides is 1. The SMILES string of the molecule is CCOc1cc2ccnc(O[C@@H]3C[C@H]4C(=O)N[C@]5(C(=O)NS(=O)(=O)C6CC6)C[C@H]5/C=C\CC[C@@H](C)C[C@@H](CC)[C@H](NC(=O)OC(C)(C)C(C)(F)F)C(=O)N4C3)c2cc1F. The number of allylic oxidation sites excluding steroid dienone is 1. The Morgan fingerprint density at radius 1 is 1.10 bits per heavy atom. The Hall–Kier alpha value is -4.61. The van der Waals surface area contributed by atoms with Crippen LogP contribution in [0.1, 0.15) is 92.9 Å². The highest BCUT2D eigenvalue weighted by atomic mass is 32.2. The van der Waals surface area contributed by atoms with E-state index in [0.717, 1.165) is 13.8 Å². The molecule has 14 nitrogen and oxygen atoms in total. The number of amides is 4. The summed E-state index contributed by atoms with van der Waals surface area (Å²) >= 11 is 0. The number of alkyl halides is 2. The molecule has 3 N–H and O–H groups in total. The van der Waals surface area contributed by atoms with E-state index in [1.807, 2.05) is 19.9 Å². The lowest BCUT2D eigenvalue weighted by Crippen LogP contribution is -2.59. The molecule has 7 atom stereocenters. The minimum atomic E-state index is -3.98. The summed E-state index contributed by atoms with van der Waals surface area (Å²) in [5, 5.41) is 5.51. The first-order valence-electron chi connectivity index (χ1n) is 20.3. The fourth-order valence-electron chi connectivity index (χ4n) is 7.86. The molecule has 2 aliphatic heterocycles. The highest BCUT2D eigenvalue weighted by Gasteiger charge is 2.62. The first-order chi connectivity index (χ1) is 27.7. The second kappa shape index (κ2) is 16.8. The molecule has 3 fully saturated rings. The van der Waals surface area contributed by atoms with Crippen LogP contribution in [0.2, 0.25) is 0 Å². The summed E-state index contributed by atoms with van der Waals surface area (Å²) in [5.41, 5.74) is -3.88. The van der Waals surface area contributed by atoms with E-state index in [-0.39, 0.29) is 43.5 Å². The van der Waals surface area contributed by atoms with Crippen LogP contribution in [0, 0.1) is 23.6 Å². The maximum Gasteiger partial charge on any atom is 0.408 e. The Labute approximate surface area is 342 Å². The maximum atomic E-state index is 15.1. The standard InChI is InChI=1S/C41H54F3N5O9S/c1-7-24-17-23(3)11-9-10-12-26-21-41(26,37(52)48-59(54,55)28-13-14-28)47-34(50)31-19-27(57-35-29-20-30(42)32(56-8-2)18-25(29)15-16-45-35)22-49(31)36(51)33(24)46-38(53)58-39(4,5)40(6,43)44/h10,12,15-16,18,20,23-24,26-28,31,33H,7-9,11,13-14,17,19,21-22H2,1-6H3,(H,46,53)(H,47,50)(H,48,52)/b12-10-/t23-,24-,26-,27-,31+,33+,41-/m1/s1. The number of rotatable bonds is 11. The third-order valence-electron chi connectivity index (χ3n) is 12.0. The van der Waals surface area contributed by atoms with Crippen LogP contribution in [0.3, 0.4) is 0 Å². The number of pyridine rings is 1. The molecular formula is C41H54F3N5O9S. The second-order valence-electron chi connectivity index (χ2n) is 16.9. The van der Waals surface area contributed by atoms with Crippen LogP contribution in [0.4, 0.5) is 18.0 Å². The third-order valence-corrected chi connectivity index (χ3v) is 13.8. The van der Waals surface area contributed by atoms with Crippen molar-refractivity contribution < 1.29 is 55.0 Å². The van der Waals surface area contributed by atoms with Gasteiger partial charge in [-0.15, -0.1) is 0 Å². The zero-order valence-corrected chi connectivity index (χ0v) is 35.0. The summed E-state index contributed by atoms with van der Waals surface area (Å²) in [4.78, 5) is 62.2. The molecule has 1 aromatic heterocycles. The number of hydrogen-bond donors (Lipinski definition) is 3. The minimum absolute atomic E-state index is 0.00138. The van der Waals surface area contributed by atoms with Gasteiger partial charge in [0.05, 0.1) is 18.4 Å². The van der Waals surface area contributed by atoms with Gasteiger partial charge < -0.3 is 29.7 Å². The van der Waals surface area contributed by atoms with Crippen molar-refractivity contribution in [2.75, 3.05) is 13.2 Å². The summed E-state index contributed by atoms with van der Waals surface area (Å²) in [6.07, 6.45) is 5.77. The van der Waals surface area contributed by atoms with Crippen molar-refractivity contribution in [2.45, 2.75) is 133 Å². The number of hydrogen-bond acceptors (Lipinski definition) is 10. The Morgan fingerprint density at radius 2 is 1.83 bits per heavy atom. The summed E-state index contributed by atoms with van der Waals surface area (Å²) in [5.74, 6) is -7.50. The van der Waals surface area contributed by atoms with Crippen molar-refractivity contribution in [1.82, 2.24) is 25.2 Å². The van der Waals surface area contributed by atoms with E-state index in [1.165, 1.54) is 23.2 Å². The summed E-state index contributed by atoms with van der Waals surface area (Å²) in [7, 11) is -3.98. The zero-order valence-electron chi connectivity index (χ0n) is 34.2. The van der Waals surface area contributed by atoms with Crippen molar-refractivity contribution in [3.8, 4) is 11.6 Å². The van der Waals surface area contributed by atoms with Crippen LogP contribution in [0.5, 0.6) is 11.6 Å². The minimum Gasteiger partial charge on any atom is -0.491 e. The van der Waals surface area contributed by atoms with Crippen molar-refractivity contribution in [3.63, 3.8) is 0 Å². The molecule has 0 unspecified atom stereocenters. The zero-order chi connectivity index (χ0) is 43.1. The Bertz CT molecular complexity index is 2090. The Balaban J connectivity index is 1.37. The maximum absolute atomic E-state index is 15.1. The molecule has 324 valence electrons. The number of carbonyl (C=O) groups excluding carboxylic acids is 4. The van der Waals surface area contributed by atoms with Gasteiger partial charge in [-0.25, -0.2) is 31.4 Å². The van der Waals surface area contributed by atoms with Crippen LogP contribution in [-0.4, -0.2) is 95.8 Å². The lowest BCUT2D eigenvalue weighted by atomic mass is 9.85. The molecule has 4 amide bonds. The van der Waals surface area contributed by atoms with Crippen molar-refractivity contribution in [3.05, 3.63) is 42.4 Å². The summed E-state index contributed by atoms with van der Waals surface area (Å²) in [6.45, 7) is 8.26. The molecule has 2 saturated carbocycles. The van der Waals surface area contributed by atoms with Gasteiger partial charge in [-0.1, -0.05) is 32.4 Å². The van der Waals surface area contributed by atoms with E-state index in [2.05, 4.69) is 20.3 Å². The number of aromatic nitrogens is 1. The van der Waals surface area contributed by atoms with E-state index in [9.17, 15) is 36.4 Å². The van der Waals surface area contributed by atoms with Crippen molar-refractivity contribution in [1.29, 1.82) is 0 Å². The van der Waals surface area contributed by atoms with Gasteiger partial charge in [-0.3, -0.25) is 19.1 Å². The summed E-state index contributed by atoms with van der Waals surface area (Å²) < 4.78 is 88.9. The smallest absolute Gasteiger partial charge is 0.408 e. The predicted octanol–water partition coefficient (Wildman–Crippen LogP) is 5.54. The fourth-order valence-corrected chi connectivity index (χ4v) is 9.22. The average Bonchev–Trinajstić information content (AvgIpc) is 4.08. The third kappa shape index (κ3) is 9.57. The van der Waals surface area contributed by atoms with Crippen molar-refractivity contribution in [2.24, 2.45) is 17.8 Å². The van der Waals surface area contributed by atoms with Gasteiger partial charge in [0, 0.05) is 30.8 Å². The molecule has 4 aliphatic rings. The molecule has 2 aliphatic carbocycles. The molecule has 18 heteroatoms. The fraction of sp³-hybridized carbons (Fsp3) is 0.634. The highest BCUT2D eigenvalue weighted by molar-refractivity contribution is 7.91. The molecule has 59 heavy (non-hydrogen) atoms.